The van der Waals surface area contributed by atoms with E-state index in [0.29, 0.717) is 19.4 Å². The van der Waals surface area contributed by atoms with Crippen LogP contribution in [0, 0.1) is 0 Å². The van der Waals surface area contributed by atoms with Crippen LogP contribution in [-0.2, 0) is 11.3 Å². The van der Waals surface area contributed by atoms with Crippen molar-refractivity contribution in [2.24, 2.45) is 0 Å². The van der Waals surface area contributed by atoms with Gasteiger partial charge in [-0.25, -0.2) is 4.79 Å². The van der Waals surface area contributed by atoms with Crippen molar-refractivity contribution < 1.29 is 14.6 Å². The average molecular weight is 306 g/mol. The van der Waals surface area contributed by atoms with Crippen molar-refractivity contribution in [3.05, 3.63) is 35.9 Å². The molecule has 5 nitrogen and oxygen atoms in total. The summed E-state index contributed by atoms with van der Waals surface area (Å²) in [5.74, 6) is 0. The summed E-state index contributed by atoms with van der Waals surface area (Å²) in [6, 6.07) is 10.7. The van der Waals surface area contributed by atoms with E-state index in [0.717, 1.165) is 32.5 Å². The summed E-state index contributed by atoms with van der Waals surface area (Å²) >= 11 is 0. The molecule has 0 aliphatic carbocycles. The molecule has 1 aromatic carbocycles. The first-order chi connectivity index (χ1) is 10.8. The van der Waals surface area contributed by atoms with Gasteiger partial charge in [-0.2, -0.15) is 0 Å². The van der Waals surface area contributed by atoms with Crippen LogP contribution in [0.5, 0.6) is 0 Å². The number of carbonyl (C=O) groups is 1. The molecular weight excluding hydrogens is 280 g/mol. The number of unbranched alkanes of at least 4 members (excludes halogenated alkanes) is 1. The van der Waals surface area contributed by atoms with Crippen LogP contribution in [0.25, 0.3) is 0 Å². The lowest BCUT2D eigenvalue weighted by Gasteiger charge is -2.32. The molecule has 1 heterocycles. The largest absolute Gasteiger partial charge is 0.450 e. The number of likely N-dealkylation sites (tertiary alicyclic amines) is 1. The van der Waals surface area contributed by atoms with Crippen LogP contribution in [0.4, 0.5) is 4.79 Å². The summed E-state index contributed by atoms with van der Waals surface area (Å²) in [4.78, 5) is 14.1. The van der Waals surface area contributed by atoms with E-state index in [4.69, 9.17) is 9.84 Å². The number of aliphatic hydroxyl groups is 1. The third kappa shape index (κ3) is 6.03. The number of benzene rings is 1. The van der Waals surface area contributed by atoms with E-state index in [1.165, 1.54) is 5.56 Å². The topological polar surface area (TPSA) is 61.8 Å². The molecule has 5 heteroatoms. The van der Waals surface area contributed by atoms with Crippen molar-refractivity contribution in [2.45, 2.75) is 38.3 Å². The van der Waals surface area contributed by atoms with Crippen molar-refractivity contribution in [3.8, 4) is 0 Å². The second kappa shape index (κ2) is 9.43. The molecular formula is C17H26N2O3. The number of nitrogens with one attached hydrogen (secondary N) is 1. The zero-order valence-corrected chi connectivity index (χ0v) is 13.0. The first-order valence-corrected chi connectivity index (χ1v) is 8.08. The highest BCUT2D eigenvalue weighted by Crippen LogP contribution is 2.14. The Hall–Kier alpha value is -1.59. The van der Waals surface area contributed by atoms with Crippen LogP contribution in [0.15, 0.2) is 30.3 Å². The number of aliphatic hydroxyl groups excluding tert-OH is 1. The lowest BCUT2D eigenvalue weighted by molar-refractivity contribution is 0.127. The number of carbonyl (C=O) groups excluding carboxylic acids is 1. The first kappa shape index (κ1) is 16.8. The number of ether oxygens (including phenoxy) is 1. The number of hydrogen-bond acceptors (Lipinski definition) is 4. The van der Waals surface area contributed by atoms with Gasteiger partial charge in [0.2, 0.25) is 0 Å². The van der Waals surface area contributed by atoms with E-state index in [2.05, 4.69) is 34.5 Å². The summed E-state index contributed by atoms with van der Waals surface area (Å²) < 4.78 is 5.09. The molecule has 1 amide bonds. The number of alkyl carbamates (subject to hydrolysis) is 1. The summed E-state index contributed by atoms with van der Waals surface area (Å²) in [5.41, 5.74) is 1.33. The predicted octanol–water partition coefficient (Wildman–Crippen LogP) is 2.15. The van der Waals surface area contributed by atoms with Crippen molar-refractivity contribution in [2.75, 3.05) is 26.3 Å². The summed E-state index contributed by atoms with van der Waals surface area (Å²) in [6.45, 7) is 3.47. The molecule has 122 valence electrons. The SMILES string of the molecule is O=C(NC1CCN(Cc2ccccc2)CC1)OCCCCO. The maximum absolute atomic E-state index is 11.6. The highest BCUT2D eigenvalue weighted by Gasteiger charge is 2.21. The van der Waals surface area contributed by atoms with Crippen molar-refractivity contribution >= 4 is 6.09 Å². The van der Waals surface area contributed by atoms with Crippen LogP contribution in [0.2, 0.25) is 0 Å². The molecule has 0 spiro atoms. The Morgan fingerprint density at radius 2 is 1.95 bits per heavy atom. The molecule has 1 aliphatic rings. The normalized spacial score (nSPS) is 16.4. The van der Waals surface area contributed by atoms with Crippen LogP contribution in [0.1, 0.15) is 31.2 Å². The Bertz CT molecular complexity index is 431. The highest BCUT2D eigenvalue weighted by molar-refractivity contribution is 5.67. The van der Waals surface area contributed by atoms with Crippen LogP contribution in [-0.4, -0.2) is 48.4 Å². The number of nitrogens with zero attached hydrogens (tertiary/aromatic N) is 1. The molecule has 2 rings (SSSR count). The Morgan fingerprint density at radius 3 is 2.64 bits per heavy atom. The molecule has 0 radical (unpaired) electrons. The fraction of sp³-hybridized carbons (Fsp3) is 0.588. The minimum absolute atomic E-state index is 0.144. The van der Waals surface area contributed by atoms with Crippen LogP contribution >= 0.6 is 0 Å². The third-order valence-electron chi connectivity index (χ3n) is 3.94. The Labute approximate surface area is 132 Å². The Balaban J connectivity index is 1.61. The van der Waals surface area contributed by atoms with Crippen molar-refractivity contribution in [1.82, 2.24) is 10.2 Å². The summed E-state index contributed by atoms with van der Waals surface area (Å²) in [6.07, 6.45) is 2.96. The number of rotatable bonds is 7. The van der Waals surface area contributed by atoms with Gasteiger partial charge in [0.25, 0.3) is 0 Å². The second-order valence-corrected chi connectivity index (χ2v) is 5.75. The zero-order valence-electron chi connectivity index (χ0n) is 13.0. The quantitative estimate of drug-likeness (QED) is 0.758. The van der Waals surface area contributed by atoms with Gasteiger partial charge >= 0.3 is 6.09 Å². The fourth-order valence-corrected chi connectivity index (χ4v) is 2.66. The minimum atomic E-state index is -0.334. The molecule has 1 fully saturated rings. The molecule has 1 aliphatic heterocycles. The summed E-state index contributed by atoms with van der Waals surface area (Å²) in [5, 5.41) is 11.6. The lowest BCUT2D eigenvalue weighted by Crippen LogP contribution is -2.44. The van der Waals surface area contributed by atoms with E-state index >= 15 is 0 Å². The Kier molecular flexibility index (Phi) is 7.19. The highest BCUT2D eigenvalue weighted by atomic mass is 16.5. The smallest absolute Gasteiger partial charge is 0.407 e. The lowest BCUT2D eigenvalue weighted by atomic mass is 10.0. The van der Waals surface area contributed by atoms with E-state index in [9.17, 15) is 4.79 Å². The number of piperidine rings is 1. The number of amides is 1. The van der Waals surface area contributed by atoms with Gasteiger partial charge in [0.1, 0.15) is 0 Å². The average Bonchev–Trinajstić information content (AvgIpc) is 2.54. The van der Waals surface area contributed by atoms with Gasteiger partial charge < -0.3 is 15.2 Å². The van der Waals surface area contributed by atoms with Crippen molar-refractivity contribution in [3.63, 3.8) is 0 Å². The standard InChI is InChI=1S/C17H26N2O3/c20-12-4-5-13-22-17(21)18-16-8-10-19(11-9-16)14-15-6-2-1-3-7-15/h1-3,6-7,16,20H,4-5,8-14H2,(H,18,21). The predicted molar refractivity (Wildman–Crippen MR) is 85.5 cm³/mol. The monoisotopic (exact) mass is 306 g/mol. The van der Waals surface area contributed by atoms with E-state index < -0.39 is 0 Å². The second-order valence-electron chi connectivity index (χ2n) is 5.75. The molecule has 0 unspecified atom stereocenters. The molecule has 0 saturated carbocycles. The van der Waals surface area contributed by atoms with Crippen LogP contribution in [0.3, 0.4) is 0 Å². The van der Waals surface area contributed by atoms with Gasteiger partial charge in [0.05, 0.1) is 6.61 Å². The number of hydrogen-bond donors (Lipinski definition) is 2. The molecule has 1 aromatic rings. The van der Waals surface area contributed by atoms with Crippen LogP contribution < -0.4 is 5.32 Å². The molecule has 2 N–H and O–H groups in total. The van der Waals surface area contributed by atoms with E-state index in [-0.39, 0.29) is 18.7 Å². The first-order valence-electron chi connectivity index (χ1n) is 8.08. The maximum atomic E-state index is 11.6. The van der Waals surface area contributed by atoms with Gasteiger partial charge in [0.15, 0.2) is 0 Å². The minimum Gasteiger partial charge on any atom is -0.450 e. The van der Waals surface area contributed by atoms with Gasteiger partial charge in [-0.05, 0) is 31.2 Å². The summed E-state index contributed by atoms with van der Waals surface area (Å²) in [7, 11) is 0. The van der Waals surface area contributed by atoms with Gasteiger partial charge in [0, 0.05) is 32.3 Å². The molecule has 22 heavy (non-hydrogen) atoms. The fourth-order valence-electron chi connectivity index (χ4n) is 2.66. The van der Waals surface area contributed by atoms with Gasteiger partial charge in [-0.3, -0.25) is 4.90 Å². The molecule has 0 bridgehead atoms. The molecule has 1 saturated heterocycles. The maximum Gasteiger partial charge on any atom is 0.407 e. The zero-order chi connectivity index (χ0) is 15.6. The van der Waals surface area contributed by atoms with E-state index in [1.54, 1.807) is 0 Å². The van der Waals surface area contributed by atoms with E-state index in [1.807, 2.05) is 6.07 Å². The molecule has 0 atom stereocenters. The van der Waals surface area contributed by atoms with Gasteiger partial charge in [-0.1, -0.05) is 30.3 Å². The van der Waals surface area contributed by atoms with Crippen molar-refractivity contribution in [1.29, 1.82) is 0 Å². The molecule has 0 aromatic heterocycles. The van der Waals surface area contributed by atoms with Gasteiger partial charge in [-0.15, -0.1) is 0 Å². The third-order valence-corrected chi connectivity index (χ3v) is 3.94. The Morgan fingerprint density at radius 1 is 1.23 bits per heavy atom.